The van der Waals surface area contributed by atoms with E-state index < -0.39 is 17.6 Å². The fourth-order valence-corrected chi connectivity index (χ4v) is 1.91. The largest absolute Gasteiger partial charge is 0.495 e. The van der Waals surface area contributed by atoms with Crippen LogP contribution in [-0.2, 0) is 6.18 Å². The number of hydrogen-bond donors (Lipinski definition) is 3. The zero-order chi connectivity index (χ0) is 17.9. The molecule has 2 aromatic rings. The molecule has 24 heavy (non-hydrogen) atoms. The second-order valence-corrected chi connectivity index (χ2v) is 4.61. The monoisotopic (exact) mass is 341 g/mol. The second kappa shape index (κ2) is 6.60. The molecule has 4 N–H and O–H groups in total. The van der Waals surface area contributed by atoms with Gasteiger partial charge in [-0.25, -0.2) is 4.98 Å². The smallest absolute Gasteiger partial charge is 0.421 e. The van der Waals surface area contributed by atoms with Crippen LogP contribution in [0.15, 0.2) is 24.4 Å². The SMILES string of the molecule is CNc1nc(Nc2ccc(C(N)=O)cc2OC)ncc1C(F)(F)F. The average Bonchev–Trinajstić information content (AvgIpc) is 2.53. The van der Waals surface area contributed by atoms with Gasteiger partial charge >= 0.3 is 6.18 Å². The number of nitrogens with one attached hydrogen (secondary N) is 2. The molecule has 0 saturated heterocycles. The maximum absolute atomic E-state index is 12.8. The predicted octanol–water partition coefficient (Wildman–Crippen LogP) is 2.39. The number of nitrogens with zero attached hydrogens (tertiary/aromatic N) is 2. The van der Waals surface area contributed by atoms with Gasteiger partial charge < -0.3 is 21.1 Å². The number of alkyl halides is 3. The number of amides is 1. The Balaban J connectivity index is 2.36. The van der Waals surface area contributed by atoms with Gasteiger partial charge in [0.15, 0.2) is 0 Å². The zero-order valence-corrected chi connectivity index (χ0v) is 12.7. The standard InChI is InChI=1S/C14H14F3N5O2/c1-19-12-8(14(15,16)17)6-20-13(22-12)21-9-4-3-7(11(18)23)5-10(9)24-2/h3-6H,1-2H3,(H2,18,23)(H2,19,20,21,22). The summed E-state index contributed by atoms with van der Waals surface area (Å²) in [6, 6.07) is 4.32. The molecule has 7 nitrogen and oxygen atoms in total. The van der Waals surface area contributed by atoms with Crippen molar-refractivity contribution in [2.24, 2.45) is 5.73 Å². The first-order valence-corrected chi connectivity index (χ1v) is 6.63. The van der Waals surface area contributed by atoms with Crippen molar-refractivity contribution in [2.45, 2.75) is 6.18 Å². The van der Waals surface area contributed by atoms with Crippen molar-refractivity contribution in [3.63, 3.8) is 0 Å². The van der Waals surface area contributed by atoms with Crippen molar-refractivity contribution in [2.75, 3.05) is 24.8 Å². The van der Waals surface area contributed by atoms with E-state index in [2.05, 4.69) is 20.6 Å². The Labute approximate surface area is 135 Å². The van der Waals surface area contributed by atoms with Crippen molar-refractivity contribution in [1.82, 2.24) is 9.97 Å². The molecule has 0 atom stereocenters. The van der Waals surface area contributed by atoms with Gasteiger partial charge in [0.2, 0.25) is 11.9 Å². The summed E-state index contributed by atoms with van der Waals surface area (Å²) in [7, 11) is 2.70. The van der Waals surface area contributed by atoms with Crippen LogP contribution in [0, 0.1) is 0 Å². The summed E-state index contributed by atoms with van der Waals surface area (Å²) in [5, 5.41) is 5.11. The highest BCUT2D eigenvalue weighted by Crippen LogP contribution is 2.34. The number of anilines is 3. The van der Waals surface area contributed by atoms with Gasteiger partial charge in [-0.3, -0.25) is 4.79 Å². The van der Waals surface area contributed by atoms with E-state index in [1.807, 2.05) is 0 Å². The van der Waals surface area contributed by atoms with E-state index in [0.717, 1.165) is 0 Å². The van der Waals surface area contributed by atoms with Gasteiger partial charge in [-0.1, -0.05) is 0 Å². The maximum atomic E-state index is 12.8. The summed E-state index contributed by atoms with van der Waals surface area (Å²) >= 11 is 0. The van der Waals surface area contributed by atoms with Crippen LogP contribution in [0.2, 0.25) is 0 Å². The fraction of sp³-hybridized carbons (Fsp3) is 0.214. The molecule has 0 aliphatic rings. The third-order valence-corrected chi connectivity index (χ3v) is 3.06. The van der Waals surface area contributed by atoms with Gasteiger partial charge in [0, 0.05) is 18.8 Å². The molecular weight excluding hydrogens is 327 g/mol. The molecule has 0 bridgehead atoms. The van der Waals surface area contributed by atoms with Crippen LogP contribution in [-0.4, -0.2) is 30.0 Å². The number of methoxy groups -OCH3 is 1. The summed E-state index contributed by atoms with van der Waals surface area (Å²) in [5.74, 6) is -0.811. The molecule has 0 unspecified atom stereocenters. The number of carbonyl (C=O) groups is 1. The summed E-state index contributed by atoms with van der Waals surface area (Å²) in [5.41, 5.74) is 4.79. The van der Waals surface area contributed by atoms with Crippen molar-refractivity contribution in [3.05, 3.63) is 35.5 Å². The van der Waals surface area contributed by atoms with E-state index in [1.54, 1.807) is 0 Å². The number of carbonyl (C=O) groups excluding carboxylic acids is 1. The number of halogens is 3. The van der Waals surface area contributed by atoms with Gasteiger partial charge in [0.1, 0.15) is 17.1 Å². The third kappa shape index (κ3) is 3.65. The van der Waals surface area contributed by atoms with Crippen molar-refractivity contribution >= 4 is 23.4 Å². The second-order valence-electron chi connectivity index (χ2n) is 4.61. The highest BCUT2D eigenvalue weighted by atomic mass is 19.4. The fourth-order valence-electron chi connectivity index (χ4n) is 1.91. The Morgan fingerprint density at radius 3 is 2.58 bits per heavy atom. The summed E-state index contributed by atoms with van der Waals surface area (Å²) in [6.07, 6.45) is -3.90. The Hall–Kier alpha value is -3.04. The molecule has 10 heteroatoms. The van der Waals surface area contributed by atoms with Crippen LogP contribution >= 0.6 is 0 Å². The molecule has 1 amide bonds. The zero-order valence-electron chi connectivity index (χ0n) is 12.7. The molecule has 128 valence electrons. The molecule has 1 aromatic carbocycles. The normalized spacial score (nSPS) is 11.0. The first-order chi connectivity index (χ1) is 11.3. The van der Waals surface area contributed by atoms with Crippen LogP contribution < -0.4 is 21.1 Å². The first kappa shape index (κ1) is 17.3. The Bertz CT molecular complexity index is 765. The molecular formula is C14H14F3N5O2. The molecule has 0 fully saturated rings. The molecule has 1 heterocycles. The Morgan fingerprint density at radius 1 is 1.33 bits per heavy atom. The van der Waals surface area contributed by atoms with E-state index in [4.69, 9.17) is 10.5 Å². The lowest BCUT2D eigenvalue weighted by atomic mass is 10.2. The number of aromatic nitrogens is 2. The van der Waals surface area contributed by atoms with Crippen molar-refractivity contribution in [3.8, 4) is 5.75 Å². The van der Waals surface area contributed by atoms with E-state index in [1.165, 1.54) is 32.4 Å². The quantitative estimate of drug-likeness (QED) is 0.772. The Kier molecular flexibility index (Phi) is 4.77. The minimum absolute atomic E-state index is 0.0718. The van der Waals surface area contributed by atoms with Gasteiger partial charge in [-0.05, 0) is 18.2 Å². The van der Waals surface area contributed by atoms with E-state index in [9.17, 15) is 18.0 Å². The van der Waals surface area contributed by atoms with Gasteiger partial charge in [-0.2, -0.15) is 18.2 Å². The highest BCUT2D eigenvalue weighted by molar-refractivity contribution is 5.94. The van der Waals surface area contributed by atoms with Crippen LogP contribution in [0.25, 0.3) is 0 Å². The third-order valence-electron chi connectivity index (χ3n) is 3.06. The van der Waals surface area contributed by atoms with E-state index in [0.29, 0.717) is 11.9 Å². The first-order valence-electron chi connectivity index (χ1n) is 6.63. The molecule has 0 radical (unpaired) electrons. The van der Waals surface area contributed by atoms with Crippen molar-refractivity contribution in [1.29, 1.82) is 0 Å². The van der Waals surface area contributed by atoms with Gasteiger partial charge in [0.05, 0.1) is 12.8 Å². The topological polar surface area (TPSA) is 102 Å². The van der Waals surface area contributed by atoms with Crippen LogP contribution in [0.3, 0.4) is 0 Å². The molecule has 0 saturated carbocycles. The minimum atomic E-state index is -4.57. The van der Waals surface area contributed by atoms with Crippen LogP contribution in [0.1, 0.15) is 15.9 Å². The summed E-state index contributed by atoms with van der Waals surface area (Å²) in [6.45, 7) is 0. The molecule has 0 aliphatic heterocycles. The van der Waals surface area contributed by atoms with Crippen LogP contribution in [0.4, 0.5) is 30.6 Å². The highest BCUT2D eigenvalue weighted by Gasteiger charge is 2.35. The van der Waals surface area contributed by atoms with E-state index in [-0.39, 0.29) is 23.1 Å². The maximum Gasteiger partial charge on any atom is 0.421 e. The minimum Gasteiger partial charge on any atom is -0.495 e. The van der Waals surface area contributed by atoms with Crippen molar-refractivity contribution < 1.29 is 22.7 Å². The number of rotatable bonds is 5. The molecule has 1 aromatic heterocycles. The number of ether oxygens (including phenoxy) is 1. The Morgan fingerprint density at radius 2 is 2.04 bits per heavy atom. The van der Waals surface area contributed by atoms with Crippen LogP contribution in [0.5, 0.6) is 5.75 Å². The number of benzene rings is 1. The molecule has 2 rings (SSSR count). The lowest BCUT2D eigenvalue weighted by molar-refractivity contribution is -0.137. The summed E-state index contributed by atoms with van der Waals surface area (Å²) in [4.78, 5) is 18.6. The molecule has 0 aliphatic carbocycles. The number of nitrogens with two attached hydrogens (primary N) is 1. The average molecular weight is 341 g/mol. The number of hydrogen-bond acceptors (Lipinski definition) is 6. The lowest BCUT2D eigenvalue weighted by Crippen LogP contribution is -2.13. The van der Waals surface area contributed by atoms with Gasteiger partial charge in [-0.15, -0.1) is 0 Å². The lowest BCUT2D eigenvalue weighted by Gasteiger charge is -2.14. The van der Waals surface area contributed by atoms with Gasteiger partial charge in [0.25, 0.3) is 0 Å². The van der Waals surface area contributed by atoms with E-state index >= 15 is 0 Å². The predicted molar refractivity (Wildman–Crippen MR) is 81.4 cm³/mol. The number of primary amides is 1. The summed E-state index contributed by atoms with van der Waals surface area (Å²) < 4.78 is 43.6. The molecule has 0 spiro atoms.